The van der Waals surface area contributed by atoms with Crippen LogP contribution in [0.1, 0.15) is 16.8 Å². The number of H-pyrrole nitrogens is 1. The van der Waals surface area contributed by atoms with E-state index in [9.17, 15) is 21.6 Å². The van der Waals surface area contributed by atoms with Gasteiger partial charge in [-0.05, 0) is 35.9 Å². The van der Waals surface area contributed by atoms with E-state index in [-0.39, 0.29) is 18.0 Å². The van der Waals surface area contributed by atoms with Gasteiger partial charge in [-0.2, -0.15) is 17.5 Å². The number of fused-ring (bicyclic) bond motifs is 1. The van der Waals surface area contributed by atoms with E-state index in [0.717, 1.165) is 41.2 Å². The summed E-state index contributed by atoms with van der Waals surface area (Å²) < 4.78 is 66.0. The van der Waals surface area contributed by atoms with Crippen LogP contribution in [0.15, 0.2) is 66.0 Å². The van der Waals surface area contributed by atoms with Gasteiger partial charge in [0.25, 0.3) is 0 Å². The predicted octanol–water partition coefficient (Wildman–Crippen LogP) is 3.64. The quantitative estimate of drug-likeness (QED) is 0.678. The van der Waals surface area contributed by atoms with E-state index in [4.69, 9.17) is 0 Å². The van der Waals surface area contributed by atoms with Crippen molar-refractivity contribution in [3.63, 3.8) is 0 Å². The van der Waals surface area contributed by atoms with E-state index >= 15 is 0 Å². The molecule has 3 aromatic rings. The molecular weight excluding hydrogens is 417 g/mol. The first kappa shape index (κ1) is 20.4. The van der Waals surface area contributed by atoms with Gasteiger partial charge in [0.05, 0.1) is 29.0 Å². The monoisotopic (exact) mass is 436 g/mol. The lowest BCUT2D eigenvalue weighted by Gasteiger charge is -2.24. The lowest BCUT2D eigenvalue weighted by atomic mass is 10.1. The van der Waals surface area contributed by atoms with Crippen LogP contribution in [-0.4, -0.2) is 35.8 Å². The van der Waals surface area contributed by atoms with Crippen molar-refractivity contribution < 1.29 is 21.6 Å². The Morgan fingerprint density at radius 2 is 1.77 bits per heavy atom. The minimum absolute atomic E-state index is 0.138. The Morgan fingerprint density at radius 3 is 2.43 bits per heavy atom. The molecule has 1 aliphatic heterocycles. The summed E-state index contributed by atoms with van der Waals surface area (Å²) in [6, 6.07) is 11.1. The summed E-state index contributed by atoms with van der Waals surface area (Å²) in [4.78, 5) is 8.96. The molecule has 0 aliphatic carbocycles. The number of para-hydroxylation sites is 1. The average Bonchev–Trinajstić information content (AvgIpc) is 3.15. The van der Waals surface area contributed by atoms with E-state index in [0.29, 0.717) is 13.1 Å². The Hall–Kier alpha value is -2.85. The summed E-state index contributed by atoms with van der Waals surface area (Å²) in [5, 5.41) is 0. The Bertz CT molecular complexity index is 1110. The van der Waals surface area contributed by atoms with E-state index in [1.807, 2.05) is 24.3 Å². The second-order valence-corrected chi connectivity index (χ2v) is 8.93. The lowest BCUT2D eigenvalue weighted by Crippen LogP contribution is -2.35. The topological polar surface area (TPSA) is 69.3 Å². The molecule has 0 fully saturated rings. The van der Waals surface area contributed by atoms with Crippen molar-refractivity contribution in [2.24, 2.45) is 0 Å². The Labute approximate surface area is 172 Å². The second kappa shape index (κ2) is 7.77. The first-order valence-corrected chi connectivity index (χ1v) is 10.7. The van der Waals surface area contributed by atoms with Gasteiger partial charge in [-0.1, -0.05) is 18.2 Å². The normalized spacial score (nSPS) is 15.6. The van der Waals surface area contributed by atoms with Gasteiger partial charge >= 0.3 is 6.18 Å². The maximum Gasteiger partial charge on any atom is 0.416 e. The molecule has 4 rings (SSSR count). The van der Waals surface area contributed by atoms with Crippen LogP contribution < -0.4 is 4.90 Å². The summed E-state index contributed by atoms with van der Waals surface area (Å²) in [7, 11) is -3.96. The van der Waals surface area contributed by atoms with Gasteiger partial charge in [0.1, 0.15) is 0 Å². The maximum atomic E-state index is 13.1. The number of hydrogen-bond donors (Lipinski definition) is 1. The third-order valence-corrected chi connectivity index (χ3v) is 6.89. The largest absolute Gasteiger partial charge is 0.416 e. The van der Waals surface area contributed by atoms with Crippen molar-refractivity contribution in [2.45, 2.75) is 24.2 Å². The second-order valence-electron chi connectivity index (χ2n) is 6.99. The Balaban J connectivity index is 1.63. The van der Waals surface area contributed by atoms with Crippen LogP contribution in [0.5, 0.6) is 0 Å². The van der Waals surface area contributed by atoms with Gasteiger partial charge in [-0.25, -0.2) is 13.4 Å². The average molecular weight is 436 g/mol. The highest BCUT2D eigenvalue weighted by atomic mass is 32.2. The van der Waals surface area contributed by atoms with E-state index < -0.39 is 21.8 Å². The standard InChI is InChI=1S/C20H19F3N4O2S/c21-20(22,23)16-5-7-18(8-6-16)30(28,29)27-10-9-26(13-17-11-24-14-25-17)19-4-2-1-3-15(19)12-27/h1-8,11,14H,9-10,12-13H2,(H,24,25). The maximum absolute atomic E-state index is 13.1. The Morgan fingerprint density at radius 1 is 1.03 bits per heavy atom. The van der Waals surface area contributed by atoms with Crippen molar-refractivity contribution in [1.82, 2.24) is 14.3 Å². The fraction of sp³-hybridized carbons (Fsp3) is 0.250. The number of aromatic nitrogens is 2. The molecule has 0 unspecified atom stereocenters. The molecule has 2 aromatic carbocycles. The van der Waals surface area contributed by atoms with Crippen LogP contribution in [0, 0.1) is 0 Å². The van der Waals surface area contributed by atoms with Gasteiger partial charge in [-0.15, -0.1) is 0 Å². The predicted molar refractivity (Wildman–Crippen MR) is 105 cm³/mol. The van der Waals surface area contributed by atoms with E-state index in [1.54, 1.807) is 12.5 Å². The summed E-state index contributed by atoms with van der Waals surface area (Å²) >= 11 is 0. The molecule has 6 nitrogen and oxygen atoms in total. The van der Waals surface area contributed by atoms with Crippen molar-refractivity contribution in [1.29, 1.82) is 0 Å². The van der Waals surface area contributed by atoms with Crippen LogP contribution in [0.4, 0.5) is 18.9 Å². The van der Waals surface area contributed by atoms with Crippen LogP contribution in [0.2, 0.25) is 0 Å². The van der Waals surface area contributed by atoms with Crippen molar-refractivity contribution in [3.05, 3.63) is 77.9 Å². The Kier molecular flexibility index (Phi) is 5.29. The van der Waals surface area contributed by atoms with Gasteiger partial charge in [0.15, 0.2) is 0 Å². The molecule has 0 atom stereocenters. The smallest absolute Gasteiger partial charge is 0.364 e. The van der Waals surface area contributed by atoms with Gasteiger partial charge in [0, 0.05) is 31.5 Å². The highest BCUT2D eigenvalue weighted by Crippen LogP contribution is 2.32. The minimum Gasteiger partial charge on any atom is -0.364 e. The number of halogens is 3. The zero-order valence-corrected chi connectivity index (χ0v) is 16.6. The molecule has 0 bridgehead atoms. The molecule has 0 spiro atoms. The molecule has 0 saturated heterocycles. The highest BCUT2D eigenvalue weighted by molar-refractivity contribution is 7.89. The fourth-order valence-corrected chi connectivity index (χ4v) is 4.90. The molecule has 0 amide bonds. The molecule has 0 radical (unpaired) electrons. The molecule has 2 heterocycles. The molecule has 1 aliphatic rings. The lowest BCUT2D eigenvalue weighted by molar-refractivity contribution is -0.137. The van der Waals surface area contributed by atoms with Crippen molar-refractivity contribution in [3.8, 4) is 0 Å². The summed E-state index contributed by atoms with van der Waals surface area (Å²) in [6.07, 6.45) is -1.22. The molecule has 1 aromatic heterocycles. The first-order valence-electron chi connectivity index (χ1n) is 9.23. The summed E-state index contributed by atoms with van der Waals surface area (Å²) in [6.45, 7) is 1.30. The van der Waals surface area contributed by atoms with Crippen molar-refractivity contribution in [2.75, 3.05) is 18.0 Å². The SMILES string of the molecule is O=S(=O)(c1ccc(C(F)(F)F)cc1)N1CCN(Cc2cnc[nH]2)c2ccccc2C1. The summed E-state index contributed by atoms with van der Waals surface area (Å²) in [5.74, 6) is 0. The number of nitrogens with zero attached hydrogens (tertiary/aromatic N) is 3. The number of nitrogens with one attached hydrogen (secondary N) is 1. The number of hydrogen-bond acceptors (Lipinski definition) is 4. The molecular formula is C20H19F3N4O2S. The minimum atomic E-state index is -4.52. The number of alkyl halides is 3. The van der Waals surface area contributed by atoms with Crippen LogP contribution in [0.25, 0.3) is 0 Å². The van der Waals surface area contributed by atoms with E-state index in [2.05, 4.69) is 14.9 Å². The zero-order valence-electron chi connectivity index (χ0n) is 15.8. The van der Waals surface area contributed by atoms with Crippen LogP contribution in [-0.2, 0) is 29.3 Å². The number of rotatable bonds is 4. The number of anilines is 1. The zero-order chi connectivity index (χ0) is 21.4. The third kappa shape index (κ3) is 4.05. The van der Waals surface area contributed by atoms with Crippen LogP contribution in [0.3, 0.4) is 0 Å². The molecule has 30 heavy (non-hydrogen) atoms. The summed E-state index contributed by atoms with van der Waals surface area (Å²) in [5.41, 5.74) is 1.75. The van der Waals surface area contributed by atoms with Crippen molar-refractivity contribution >= 4 is 15.7 Å². The first-order chi connectivity index (χ1) is 14.2. The van der Waals surface area contributed by atoms with Gasteiger partial charge in [-0.3, -0.25) is 0 Å². The number of imidazole rings is 1. The number of sulfonamides is 1. The van der Waals surface area contributed by atoms with E-state index in [1.165, 1.54) is 4.31 Å². The third-order valence-electron chi connectivity index (χ3n) is 5.03. The van der Waals surface area contributed by atoms with Crippen LogP contribution >= 0.6 is 0 Å². The molecule has 158 valence electrons. The van der Waals surface area contributed by atoms with Gasteiger partial charge in [0.2, 0.25) is 10.0 Å². The molecule has 10 heteroatoms. The molecule has 1 N–H and O–H groups in total. The van der Waals surface area contributed by atoms with Gasteiger partial charge < -0.3 is 9.88 Å². The number of benzene rings is 2. The number of aromatic amines is 1. The highest BCUT2D eigenvalue weighted by Gasteiger charge is 2.33. The molecule has 0 saturated carbocycles. The fourth-order valence-electron chi connectivity index (χ4n) is 3.49.